The summed E-state index contributed by atoms with van der Waals surface area (Å²) in [5.74, 6) is 1.02. The number of aryl methyl sites for hydroxylation is 1. The van der Waals surface area contributed by atoms with Crippen molar-refractivity contribution < 1.29 is 13.7 Å². The molecule has 21 heavy (non-hydrogen) atoms. The van der Waals surface area contributed by atoms with Gasteiger partial charge in [-0.25, -0.2) is 0 Å². The van der Waals surface area contributed by atoms with E-state index < -0.39 is 0 Å². The van der Waals surface area contributed by atoms with Gasteiger partial charge in [0.25, 0.3) is 5.91 Å². The summed E-state index contributed by atoms with van der Waals surface area (Å²) in [4.78, 5) is 12.1. The predicted molar refractivity (Wildman–Crippen MR) is 76.6 cm³/mol. The monoisotopic (exact) mass is 282 g/mol. The predicted octanol–water partition coefficient (Wildman–Crippen LogP) is 3.17. The van der Waals surface area contributed by atoms with Gasteiger partial charge >= 0.3 is 0 Å². The lowest BCUT2D eigenvalue weighted by Gasteiger charge is -2.05. The molecule has 5 heteroatoms. The second-order valence-electron chi connectivity index (χ2n) is 4.66. The van der Waals surface area contributed by atoms with Gasteiger partial charge in [0.15, 0.2) is 5.76 Å². The highest BCUT2D eigenvalue weighted by molar-refractivity contribution is 5.95. The molecule has 0 fully saturated rings. The van der Waals surface area contributed by atoms with E-state index >= 15 is 0 Å². The molecule has 2 aromatic heterocycles. The van der Waals surface area contributed by atoms with Gasteiger partial charge in [-0.2, -0.15) is 0 Å². The van der Waals surface area contributed by atoms with Crippen LogP contribution in [0.5, 0.6) is 0 Å². The summed E-state index contributed by atoms with van der Waals surface area (Å²) < 4.78 is 10.4. The summed E-state index contributed by atoms with van der Waals surface area (Å²) in [7, 11) is 0. The number of furan rings is 1. The van der Waals surface area contributed by atoms with E-state index in [0.717, 1.165) is 5.56 Å². The first-order valence-corrected chi connectivity index (χ1v) is 6.57. The fraction of sp³-hybridized carbons (Fsp3) is 0.125. The van der Waals surface area contributed by atoms with Gasteiger partial charge in [0, 0.05) is 11.6 Å². The highest BCUT2D eigenvalue weighted by atomic mass is 16.5. The van der Waals surface area contributed by atoms with Crippen LogP contribution >= 0.6 is 0 Å². The Morgan fingerprint density at radius 3 is 2.81 bits per heavy atom. The Kier molecular flexibility index (Phi) is 3.55. The van der Waals surface area contributed by atoms with Gasteiger partial charge in [-0.15, -0.1) is 0 Å². The molecule has 0 saturated heterocycles. The second kappa shape index (κ2) is 5.66. The number of carbonyl (C=O) groups is 1. The normalized spacial score (nSPS) is 10.5. The summed E-state index contributed by atoms with van der Waals surface area (Å²) in [6.07, 6.45) is 1.57. The molecule has 106 valence electrons. The van der Waals surface area contributed by atoms with E-state index in [1.54, 1.807) is 30.5 Å². The fourth-order valence-corrected chi connectivity index (χ4v) is 2.02. The van der Waals surface area contributed by atoms with Crippen LogP contribution in [0.15, 0.2) is 57.7 Å². The van der Waals surface area contributed by atoms with E-state index in [2.05, 4.69) is 10.5 Å². The molecule has 0 unspecified atom stereocenters. The molecule has 0 radical (unpaired) electrons. The number of nitrogens with zero attached hydrogens (tertiary/aromatic N) is 1. The van der Waals surface area contributed by atoms with Crippen molar-refractivity contribution in [2.45, 2.75) is 13.5 Å². The van der Waals surface area contributed by atoms with Crippen LogP contribution in [0, 0.1) is 6.92 Å². The van der Waals surface area contributed by atoms with E-state index in [4.69, 9.17) is 8.94 Å². The zero-order valence-electron chi connectivity index (χ0n) is 11.5. The molecule has 5 nitrogen and oxygen atoms in total. The molecular weight excluding hydrogens is 268 g/mol. The van der Waals surface area contributed by atoms with Gasteiger partial charge in [-0.1, -0.05) is 23.4 Å². The highest BCUT2D eigenvalue weighted by Gasteiger charge is 2.11. The number of benzene rings is 1. The maximum Gasteiger partial charge on any atom is 0.251 e. The first kappa shape index (κ1) is 13.2. The molecule has 2 heterocycles. The zero-order chi connectivity index (χ0) is 14.7. The molecule has 0 spiro atoms. The van der Waals surface area contributed by atoms with E-state index in [1.807, 2.05) is 25.1 Å². The third kappa shape index (κ3) is 2.86. The molecule has 3 rings (SSSR count). The highest BCUT2D eigenvalue weighted by Crippen LogP contribution is 2.20. The van der Waals surface area contributed by atoms with E-state index in [-0.39, 0.29) is 5.91 Å². The summed E-state index contributed by atoms with van der Waals surface area (Å²) in [6, 6.07) is 12.7. The minimum atomic E-state index is -0.129. The van der Waals surface area contributed by atoms with Crippen molar-refractivity contribution in [1.82, 2.24) is 10.5 Å². The Bertz CT molecular complexity index is 744. The van der Waals surface area contributed by atoms with Crippen LogP contribution in [0.1, 0.15) is 21.6 Å². The van der Waals surface area contributed by atoms with Crippen molar-refractivity contribution in [2.24, 2.45) is 0 Å². The Morgan fingerprint density at radius 1 is 1.19 bits per heavy atom. The van der Waals surface area contributed by atoms with Crippen LogP contribution in [0.4, 0.5) is 0 Å². The van der Waals surface area contributed by atoms with Crippen LogP contribution in [0.2, 0.25) is 0 Å². The van der Waals surface area contributed by atoms with E-state index in [9.17, 15) is 4.79 Å². The lowest BCUT2D eigenvalue weighted by molar-refractivity contribution is 0.0949. The molecular formula is C16H14N2O3. The Labute approximate surface area is 121 Å². The van der Waals surface area contributed by atoms with Gasteiger partial charge in [0.1, 0.15) is 5.69 Å². The molecule has 0 saturated carbocycles. The van der Waals surface area contributed by atoms with E-state index in [1.165, 1.54) is 0 Å². The van der Waals surface area contributed by atoms with Gasteiger partial charge in [0.05, 0.1) is 12.8 Å². The third-order valence-electron chi connectivity index (χ3n) is 3.14. The SMILES string of the molecule is Cc1ccccc1C(=O)NCc1cc(-c2ccco2)on1. The van der Waals surface area contributed by atoms with Gasteiger partial charge in [-0.3, -0.25) is 4.79 Å². The van der Waals surface area contributed by atoms with E-state index in [0.29, 0.717) is 29.3 Å². The van der Waals surface area contributed by atoms with Crippen LogP contribution in [0.3, 0.4) is 0 Å². The molecule has 0 aliphatic carbocycles. The third-order valence-corrected chi connectivity index (χ3v) is 3.14. The van der Waals surface area contributed by atoms with Crippen LogP contribution < -0.4 is 5.32 Å². The summed E-state index contributed by atoms with van der Waals surface area (Å²) in [6.45, 7) is 2.21. The zero-order valence-corrected chi connectivity index (χ0v) is 11.5. The van der Waals surface area contributed by atoms with Crippen LogP contribution in [-0.4, -0.2) is 11.1 Å². The van der Waals surface area contributed by atoms with Crippen molar-refractivity contribution in [3.05, 3.63) is 65.5 Å². The molecule has 3 aromatic rings. The topological polar surface area (TPSA) is 68.3 Å². The number of amides is 1. The maximum atomic E-state index is 12.1. The minimum absolute atomic E-state index is 0.129. The first-order valence-electron chi connectivity index (χ1n) is 6.57. The van der Waals surface area contributed by atoms with Gasteiger partial charge < -0.3 is 14.3 Å². The van der Waals surface area contributed by atoms with Crippen LogP contribution in [0.25, 0.3) is 11.5 Å². The second-order valence-corrected chi connectivity index (χ2v) is 4.66. The number of hydrogen-bond donors (Lipinski definition) is 1. The average molecular weight is 282 g/mol. The van der Waals surface area contributed by atoms with Crippen molar-refractivity contribution >= 4 is 5.91 Å². The summed E-state index contributed by atoms with van der Waals surface area (Å²) >= 11 is 0. The fourth-order valence-electron chi connectivity index (χ4n) is 2.02. The number of rotatable bonds is 4. The molecule has 1 aromatic carbocycles. The molecule has 0 aliphatic rings. The summed E-state index contributed by atoms with van der Waals surface area (Å²) in [5, 5.41) is 6.73. The molecule has 0 atom stereocenters. The van der Waals surface area contributed by atoms with Crippen molar-refractivity contribution in [2.75, 3.05) is 0 Å². The number of nitrogens with one attached hydrogen (secondary N) is 1. The number of hydrogen-bond acceptors (Lipinski definition) is 4. The first-order chi connectivity index (χ1) is 10.2. The Balaban J connectivity index is 1.66. The van der Waals surface area contributed by atoms with Crippen LogP contribution in [-0.2, 0) is 6.54 Å². The van der Waals surface area contributed by atoms with Gasteiger partial charge in [-0.05, 0) is 30.7 Å². The smallest absolute Gasteiger partial charge is 0.251 e. The van der Waals surface area contributed by atoms with Crippen molar-refractivity contribution in [1.29, 1.82) is 0 Å². The van der Waals surface area contributed by atoms with Crippen molar-refractivity contribution in [3.8, 4) is 11.5 Å². The largest absolute Gasteiger partial charge is 0.461 e. The molecule has 1 N–H and O–H groups in total. The number of carbonyl (C=O) groups excluding carboxylic acids is 1. The number of aromatic nitrogens is 1. The lowest BCUT2D eigenvalue weighted by atomic mass is 10.1. The minimum Gasteiger partial charge on any atom is -0.461 e. The summed E-state index contributed by atoms with van der Waals surface area (Å²) in [5.41, 5.74) is 2.24. The molecule has 1 amide bonds. The standard InChI is InChI=1S/C16H14N2O3/c1-11-5-2-3-6-13(11)16(19)17-10-12-9-15(21-18-12)14-7-4-8-20-14/h2-9H,10H2,1H3,(H,17,19). The lowest BCUT2D eigenvalue weighted by Crippen LogP contribution is -2.23. The van der Waals surface area contributed by atoms with Crippen molar-refractivity contribution in [3.63, 3.8) is 0 Å². The molecule has 0 aliphatic heterocycles. The van der Waals surface area contributed by atoms with Gasteiger partial charge in [0.2, 0.25) is 5.76 Å². The quantitative estimate of drug-likeness (QED) is 0.798. The average Bonchev–Trinajstić information content (AvgIpc) is 3.16. The Morgan fingerprint density at radius 2 is 2.05 bits per heavy atom. The molecule has 0 bridgehead atoms. The Hall–Kier alpha value is -2.82. The maximum absolute atomic E-state index is 12.1.